The number of hydrogen-bond donors (Lipinski definition) is 3. The van der Waals surface area contributed by atoms with E-state index in [1.165, 1.54) is 11.1 Å². The van der Waals surface area contributed by atoms with Gasteiger partial charge in [-0.1, -0.05) is 43.7 Å². The molecule has 1 atom stereocenters. The molecule has 0 saturated heterocycles. The largest absolute Gasteiger partial charge is 0.394 e. The van der Waals surface area contributed by atoms with Crippen molar-refractivity contribution in [2.45, 2.75) is 53.2 Å². The highest BCUT2D eigenvalue weighted by atomic mass is 16.3. The summed E-state index contributed by atoms with van der Waals surface area (Å²) in [5.41, 5.74) is 3.93. The number of fused-ring (bicyclic) bond motifs is 1. The molecule has 0 radical (unpaired) electrons. The van der Waals surface area contributed by atoms with E-state index in [0.717, 1.165) is 11.2 Å². The summed E-state index contributed by atoms with van der Waals surface area (Å²) < 4.78 is 2.03. The highest BCUT2D eigenvalue weighted by Gasteiger charge is 2.18. The zero-order valence-electron chi connectivity index (χ0n) is 17.3. The lowest BCUT2D eigenvalue weighted by atomic mass is 10.1. The molecule has 3 N–H and O–H groups in total. The molecule has 0 aliphatic heterocycles. The molecule has 0 unspecified atom stereocenters. The first-order chi connectivity index (χ1) is 13.4. The Bertz CT molecular complexity index is 917. The maximum Gasteiger partial charge on any atom is 0.227 e. The van der Waals surface area contributed by atoms with Gasteiger partial charge in [-0.25, -0.2) is 4.98 Å². The highest BCUT2D eigenvalue weighted by Crippen LogP contribution is 2.24. The van der Waals surface area contributed by atoms with Gasteiger partial charge in [0.1, 0.15) is 0 Å². The highest BCUT2D eigenvalue weighted by molar-refractivity contribution is 5.84. The minimum absolute atomic E-state index is 0.0225. The van der Waals surface area contributed by atoms with Crippen LogP contribution in [0.5, 0.6) is 0 Å². The van der Waals surface area contributed by atoms with Gasteiger partial charge in [0, 0.05) is 12.6 Å². The van der Waals surface area contributed by atoms with Gasteiger partial charge in [0.15, 0.2) is 17.0 Å². The van der Waals surface area contributed by atoms with Crippen molar-refractivity contribution in [3.63, 3.8) is 0 Å². The lowest BCUT2D eigenvalue weighted by molar-refractivity contribution is 0.248. The summed E-state index contributed by atoms with van der Waals surface area (Å²) in [7, 11) is 0. The van der Waals surface area contributed by atoms with Crippen molar-refractivity contribution in [3.05, 3.63) is 41.7 Å². The zero-order valence-corrected chi connectivity index (χ0v) is 17.3. The fourth-order valence-corrected chi connectivity index (χ4v) is 2.96. The Morgan fingerprint density at radius 2 is 1.79 bits per heavy atom. The van der Waals surface area contributed by atoms with Crippen molar-refractivity contribution in [1.29, 1.82) is 0 Å². The Hall–Kier alpha value is -2.67. The number of aliphatic hydroxyl groups excluding tert-OH is 1. The molecule has 150 valence electrons. The summed E-state index contributed by atoms with van der Waals surface area (Å²) >= 11 is 0. The van der Waals surface area contributed by atoms with Crippen LogP contribution < -0.4 is 10.6 Å². The van der Waals surface area contributed by atoms with E-state index < -0.39 is 0 Å². The van der Waals surface area contributed by atoms with E-state index in [0.29, 0.717) is 18.3 Å². The van der Waals surface area contributed by atoms with E-state index in [1.807, 2.05) is 4.57 Å². The van der Waals surface area contributed by atoms with Crippen LogP contribution in [0.3, 0.4) is 0 Å². The number of aryl methyl sites for hydroxylation is 1. The predicted molar refractivity (Wildman–Crippen MR) is 114 cm³/mol. The smallest absolute Gasteiger partial charge is 0.227 e. The molecule has 28 heavy (non-hydrogen) atoms. The molecule has 3 rings (SSSR count). The van der Waals surface area contributed by atoms with Gasteiger partial charge in [-0.15, -0.1) is 0 Å². The van der Waals surface area contributed by atoms with Gasteiger partial charge < -0.3 is 20.3 Å². The number of hydrogen-bond acceptors (Lipinski definition) is 6. The Morgan fingerprint density at radius 1 is 1.07 bits per heavy atom. The van der Waals surface area contributed by atoms with Crippen molar-refractivity contribution in [2.75, 3.05) is 17.2 Å². The van der Waals surface area contributed by atoms with Gasteiger partial charge in [-0.05, 0) is 32.3 Å². The molecule has 0 amide bonds. The minimum Gasteiger partial charge on any atom is -0.394 e. The van der Waals surface area contributed by atoms with Crippen molar-refractivity contribution >= 4 is 22.9 Å². The quantitative estimate of drug-likeness (QED) is 0.550. The Kier molecular flexibility index (Phi) is 6.14. The molecule has 0 saturated carbocycles. The van der Waals surface area contributed by atoms with Gasteiger partial charge in [0.05, 0.1) is 19.0 Å². The van der Waals surface area contributed by atoms with Crippen molar-refractivity contribution in [1.82, 2.24) is 19.5 Å². The van der Waals surface area contributed by atoms with E-state index in [-0.39, 0.29) is 24.6 Å². The van der Waals surface area contributed by atoms with Crippen LogP contribution in [0.1, 0.15) is 44.9 Å². The summed E-state index contributed by atoms with van der Waals surface area (Å²) in [5.74, 6) is 1.44. The van der Waals surface area contributed by atoms with Crippen LogP contribution in [0, 0.1) is 12.8 Å². The second kappa shape index (κ2) is 8.56. The van der Waals surface area contributed by atoms with E-state index in [4.69, 9.17) is 0 Å². The maximum atomic E-state index is 9.67. The number of aromatic nitrogens is 4. The van der Waals surface area contributed by atoms with Gasteiger partial charge >= 0.3 is 0 Å². The van der Waals surface area contributed by atoms with Gasteiger partial charge in [0.2, 0.25) is 5.95 Å². The van der Waals surface area contributed by atoms with Crippen LogP contribution in [0.25, 0.3) is 11.2 Å². The first kappa shape index (κ1) is 20.1. The third kappa shape index (κ3) is 4.42. The van der Waals surface area contributed by atoms with Crippen LogP contribution >= 0.6 is 0 Å². The number of benzene rings is 1. The van der Waals surface area contributed by atoms with E-state index in [9.17, 15) is 5.11 Å². The summed E-state index contributed by atoms with van der Waals surface area (Å²) in [4.78, 5) is 13.9. The standard InChI is InChI=1S/C21H30N6O/c1-13(2)17(11-28)24-21-25-19(22-10-16-8-6-15(5)7-9-16)18-20(26-21)27(12-23-18)14(3)4/h6-9,12-14,17,28H,10-11H2,1-5H3,(H2,22,24,25,26)/t17-/m0/s1. The van der Waals surface area contributed by atoms with Crippen molar-refractivity contribution in [3.8, 4) is 0 Å². The molecule has 0 aliphatic carbocycles. The van der Waals surface area contributed by atoms with E-state index in [1.54, 1.807) is 6.33 Å². The van der Waals surface area contributed by atoms with Gasteiger partial charge in [-0.2, -0.15) is 9.97 Å². The van der Waals surface area contributed by atoms with Crippen LogP contribution in [0.4, 0.5) is 11.8 Å². The maximum absolute atomic E-state index is 9.67. The summed E-state index contributed by atoms with van der Waals surface area (Å²) in [6.07, 6.45) is 1.80. The molecule has 0 aliphatic rings. The lowest BCUT2D eigenvalue weighted by Crippen LogP contribution is -2.30. The normalized spacial score (nSPS) is 12.7. The second-order valence-corrected chi connectivity index (χ2v) is 7.83. The molecular formula is C21H30N6O. The molecular weight excluding hydrogens is 352 g/mol. The minimum atomic E-state index is -0.113. The monoisotopic (exact) mass is 382 g/mol. The summed E-state index contributed by atoms with van der Waals surface area (Å²) in [6.45, 7) is 11.1. The molecule has 2 aromatic heterocycles. The first-order valence-corrected chi connectivity index (χ1v) is 9.80. The lowest BCUT2D eigenvalue weighted by Gasteiger charge is -2.20. The van der Waals surface area contributed by atoms with Crippen molar-refractivity contribution < 1.29 is 5.11 Å². The number of imidazole rings is 1. The van der Waals surface area contributed by atoms with E-state index in [2.05, 4.69) is 84.5 Å². The van der Waals surface area contributed by atoms with Crippen LogP contribution in [-0.4, -0.2) is 37.3 Å². The summed E-state index contributed by atoms with van der Waals surface area (Å²) in [6, 6.07) is 8.53. The van der Waals surface area contributed by atoms with Crippen molar-refractivity contribution in [2.24, 2.45) is 5.92 Å². The number of aliphatic hydroxyl groups is 1. The van der Waals surface area contributed by atoms with Crippen LogP contribution in [-0.2, 0) is 6.54 Å². The third-order valence-corrected chi connectivity index (χ3v) is 4.87. The fraction of sp³-hybridized carbons (Fsp3) is 0.476. The van der Waals surface area contributed by atoms with Gasteiger partial charge in [-0.3, -0.25) is 0 Å². The molecule has 0 bridgehead atoms. The number of nitrogens with zero attached hydrogens (tertiary/aromatic N) is 4. The number of rotatable bonds is 8. The average Bonchev–Trinajstić information content (AvgIpc) is 3.09. The third-order valence-electron chi connectivity index (χ3n) is 4.87. The molecule has 7 nitrogen and oxygen atoms in total. The molecule has 7 heteroatoms. The van der Waals surface area contributed by atoms with Crippen LogP contribution in [0.15, 0.2) is 30.6 Å². The predicted octanol–water partition coefficient (Wildman–Crippen LogP) is 3.76. The first-order valence-electron chi connectivity index (χ1n) is 9.80. The summed E-state index contributed by atoms with van der Waals surface area (Å²) in [5, 5.41) is 16.3. The number of nitrogens with one attached hydrogen (secondary N) is 2. The Balaban J connectivity index is 1.95. The fourth-order valence-electron chi connectivity index (χ4n) is 2.96. The molecule has 2 heterocycles. The second-order valence-electron chi connectivity index (χ2n) is 7.83. The molecule has 3 aromatic rings. The average molecular weight is 383 g/mol. The Labute approximate surface area is 166 Å². The number of anilines is 2. The zero-order chi connectivity index (χ0) is 20.3. The topological polar surface area (TPSA) is 87.9 Å². The molecule has 0 spiro atoms. The van der Waals surface area contributed by atoms with E-state index >= 15 is 0 Å². The Morgan fingerprint density at radius 3 is 2.39 bits per heavy atom. The van der Waals surface area contributed by atoms with Crippen LogP contribution in [0.2, 0.25) is 0 Å². The van der Waals surface area contributed by atoms with Gasteiger partial charge in [0.25, 0.3) is 0 Å². The molecule has 1 aromatic carbocycles. The SMILES string of the molecule is Cc1ccc(CNc2nc(N[C@@H](CO)C(C)C)nc3c2ncn3C(C)C)cc1. The molecule has 0 fully saturated rings.